The van der Waals surface area contributed by atoms with Crippen molar-refractivity contribution in [3.05, 3.63) is 70.3 Å². The van der Waals surface area contributed by atoms with Crippen molar-refractivity contribution in [2.75, 3.05) is 42.4 Å². The van der Waals surface area contributed by atoms with Crippen LogP contribution >= 0.6 is 11.6 Å². The number of carbonyl (C=O) groups excluding carboxylic acids is 1. The smallest absolute Gasteiger partial charge is 0.379 e. The number of aliphatic imine (C=N–C) groups is 1. The molecule has 0 radical (unpaired) electrons. The van der Waals surface area contributed by atoms with Gasteiger partial charge in [-0.25, -0.2) is 14.2 Å². The monoisotopic (exact) mass is 565 g/mol. The van der Waals surface area contributed by atoms with Crippen molar-refractivity contribution in [3.63, 3.8) is 0 Å². The predicted molar refractivity (Wildman–Crippen MR) is 140 cm³/mol. The van der Waals surface area contributed by atoms with Crippen molar-refractivity contribution in [1.29, 1.82) is 0 Å². The van der Waals surface area contributed by atoms with Gasteiger partial charge in [-0.3, -0.25) is 15.0 Å². The quantitative estimate of drug-likeness (QED) is 0.326. The zero-order chi connectivity index (χ0) is 27.7. The second kappa shape index (κ2) is 10.8. The Bertz CT molecular complexity index is 1420. The highest BCUT2D eigenvalue weighted by molar-refractivity contribution is 6.31. The molecule has 1 atom stereocenters. The highest BCUT2D eigenvalue weighted by atomic mass is 35.5. The average Bonchev–Trinajstić information content (AvgIpc) is 3.26. The molecule has 0 spiro atoms. The fourth-order valence-electron chi connectivity index (χ4n) is 4.49. The third kappa shape index (κ3) is 5.86. The molecule has 3 aromatic rings. The van der Waals surface area contributed by atoms with Gasteiger partial charge in [0, 0.05) is 30.9 Å². The third-order valence-electron chi connectivity index (χ3n) is 6.36. The van der Waals surface area contributed by atoms with Crippen LogP contribution in [0.4, 0.5) is 33.7 Å². The van der Waals surface area contributed by atoms with E-state index < -0.39 is 34.8 Å². The van der Waals surface area contributed by atoms with E-state index in [1.165, 1.54) is 24.5 Å². The van der Waals surface area contributed by atoms with Crippen LogP contribution in [0.15, 0.2) is 47.5 Å². The average molecular weight is 566 g/mol. The van der Waals surface area contributed by atoms with Gasteiger partial charge < -0.3 is 21.1 Å². The van der Waals surface area contributed by atoms with Gasteiger partial charge in [-0.1, -0.05) is 17.7 Å². The van der Waals surface area contributed by atoms with E-state index in [1.54, 1.807) is 6.07 Å². The van der Waals surface area contributed by atoms with Crippen LogP contribution in [-0.4, -0.2) is 48.2 Å². The number of ether oxygens (including phenoxy) is 1. The number of halogens is 5. The van der Waals surface area contributed by atoms with Crippen LogP contribution in [0.2, 0.25) is 5.02 Å². The van der Waals surface area contributed by atoms with Gasteiger partial charge in [0.2, 0.25) is 0 Å². The Kier molecular flexibility index (Phi) is 7.49. The summed E-state index contributed by atoms with van der Waals surface area (Å²) in [5.41, 5.74) is 10.7. The number of carbonyl (C=O) groups is 1. The molecule has 1 fully saturated rings. The number of benzene rings is 2. The Balaban J connectivity index is 1.35. The van der Waals surface area contributed by atoms with Crippen LogP contribution in [0.1, 0.15) is 23.1 Å². The van der Waals surface area contributed by atoms with Crippen LogP contribution in [0.25, 0.3) is 11.1 Å². The summed E-state index contributed by atoms with van der Waals surface area (Å²) in [6.07, 6.45) is -3.86. The number of rotatable bonds is 5. The number of nitrogens with one attached hydrogen (secondary N) is 3. The lowest BCUT2D eigenvalue weighted by atomic mass is 10.0. The summed E-state index contributed by atoms with van der Waals surface area (Å²) in [6.45, 7) is 3.46. The zero-order valence-electron chi connectivity index (χ0n) is 20.4. The number of aromatic nitrogens is 1. The second-order valence-corrected chi connectivity index (χ2v) is 9.38. The summed E-state index contributed by atoms with van der Waals surface area (Å²) in [5.74, 6) is -0.745. The first-order valence-electron chi connectivity index (χ1n) is 11.9. The fourth-order valence-corrected chi connectivity index (χ4v) is 4.72. The number of nitrogens with two attached hydrogens (primary N) is 1. The number of morpholine rings is 1. The minimum absolute atomic E-state index is 0.156. The van der Waals surface area contributed by atoms with Crippen LogP contribution in [0.3, 0.4) is 0 Å². The fraction of sp³-hybridized carbons (Fsp3) is 0.280. The number of nitrogens with zero attached hydrogens (tertiary/aromatic N) is 3. The number of alkyl halides is 3. The van der Waals surface area contributed by atoms with Gasteiger partial charge in [-0.2, -0.15) is 13.2 Å². The van der Waals surface area contributed by atoms with Gasteiger partial charge in [0.15, 0.2) is 0 Å². The number of anilines is 2. The molecule has 5 N–H and O–H groups in total. The minimum atomic E-state index is -4.70. The number of fused-ring (bicyclic) bond motifs is 1. The Hall–Kier alpha value is -3.65. The summed E-state index contributed by atoms with van der Waals surface area (Å²) in [4.78, 5) is 18.8. The Morgan fingerprint density at radius 1 is 1.15 bits per heavy atom. The summed E-state index contributed by atoms with van der Waals surface area (Å²) in [7, 11) is 0. The second-order valence-electron chi connectivity index (χ2n) is 8.98. The molecular weight excluding hydrogens is 542 g/mol. The molecule has 2 aromatic carbocycles. The highest BCUT2D eigenvalue weighted by Gasteiger charge is 2.33. The molecule has 3 heterocycles. The van der Waals surface area contributed by atoms with E-state index in [-0.39, 0.29) is 11.4 Å². The van der Waals surface area contributed by atoms with E-state index >= 15 is 4.39 Å². The molecule has 9 nitrogen and oxygen atoms in total. The van der Waals surface area contributed by atoms with Crippen LogP contribution in [0, 0.1) is 5.82 Å². The first kappa shape index (κ1) is 26.9. The molecule has 1 saturated heterocycles. The van der Waals surface area contributed by atoms with Crippen molar-refractivity contribution >= 4 is 35.3 Å². The molecular formula is C25H24ClF4N7O2. The Morgan fingerprint density at radius 3 is 2.64 bits per heavy atom. The van der Waals surface area contributed by atoms with E-state index in [2.05, 4.69) is 26.0 Å². The number of urea groups is 1. The van der Waals surface area contributed by atoms with E-state index in [0.29, 0.717) is 42.6 Å². The van der Waals surface area contributed by atoms with Gasteiger partial charge >= 0.3 is 12.2 Å². The van der Waals surface area contributed by atoms with Crippen molar-refractivity contribution in [1.82, 2.24) is 9.58 Å². The van der Waals surface area contributed by atoms with Gasteiger partial charge in [-0.15, -0.1) is 0 Å². The molecule has 0 saturated carbocycles. The third-order valence-corrected chi connectivity index (χ3v) is 6.69. The number of hydrogen-bond acceptors (Lipinski definition) is 6. The summed E-state index contributed by atoms with van der Waals surface area (Å²) in [6, 6.07) is 8.15. The molecule has 0 aliphatic carbocycles. The maximum Gasteiger partial charge on any atom is 0.417 e. The van der Waals surface area contributed by atoms with E-state index in [1.807, 2.05) is 10.7 Å². The van der Waals surface area contributed by atoms with E-state index in [4.69, 9.17) is 22.1 Å². The molecule has 0 bridgehead atoms. The first-order valence-corrected chi connectivity index (χ1v) is 12.3. The topological polar surface area (TPSA) is 109 Å². The minimum Gasteiger partial charge on any atom is -0.379 e. The lowest BCUT2D eigenvalue weighted by molar-refractivity contribution is -0.137. The van der Waals surface area contributed by atoms with Crippen molar-refractivity contribution < 1.29 is 27.1 Å². The molecule has 1 aromatic heterocycles. The highest BCUT2D eigenvalue weighted by Crippen LogP contribution is 2.37. The largest absolute Gasteiger partial charge is 0.417 e. The molecule has 206 valence electrons. The standard InChI is InChI=1S/C25H24ClF4N7O2/c26-19-3-2-15(10-18(19)25(28,29)30)34-24(38)35-21-4-1-14(9-20(21)27)17-11-16(12-36-5-7-39-8-6-36)37-22(17)23(31)32-13-33-37/h1-4,9-11,13,23H,5-8,12,31H2,(H,32,33)(H2,34,35,38). The molecule has 2 aliphatic heterocycles. The van der Waals surface area contributed by atoms with Gasteiger partial charge in [0.05, 0.1) is 40.9 Å². The number of amides is 2. The van der Waals surface area contributed by atoms with Crippen LogP contribution in [-0.2, 0) is 17.5 Å². The van der Waals surface area contributed by atoms with Gasteiger partial charge in [0.1, 0.15) is 18.3 Å². The summed E-state index contributed by atoms with van der Waals surface area (Å²) in [5, 5.41) is 4.07. The van der Waals surface area contributed by atoms with Gasteiger partial charge in [-0.05, 0) is 42.0 Å². The number of hydrogen-bond donors (Lipinski definition) is 4. The zero-order valence-corrected chi connectivity index (χ0v) is 21.1. The van der Waals surface area contributed by atoms with Crippen LogP contribution < -0.4 is 21.8 Å². The van der Waals surface area contributed by atoms with Crippen molar-refractivity contribution in [2.24, 2.45) is 10.7 Å². The summed E-state index contributed by atoms with van der Waals surface area (Å²) >= 11 is 5.61. The lowest BCUT2D eigenvalue weighted by Gasteiger charge is -2.27. The van der Waals surface area contributed by atoms with Crippen molar-refractivity contribution in [3.8, 4) is 11.1 Å². The van der Waals surface area contributed by atoms with Crippen LogP contribution in [0.5, 0.6) is 0 Å². The first-order chi connectivity index (χ1) is 18.6. The van der Waals surface area contributed by atoms with Gasteiger partial charge in [0.25, 0.3) is 0 Å². The van der Waals surface area contributed by atoms with E-state index in [9.17, 15) is 18.0 Å². The molecule has 14 heteroatoms. The maximum absolute atomic E-state index is 15.1. The molecule has 39 heavy (non-hydrogen) atoms. The predicted octanol–water partition coefficient (Wildman–Crippen LogP) is 4.99. The maximum atomic E-state index is 15.1. The molecule has 5 rings (SSSR count). The SMILES string of the molecule is NC1N=CNn2c(CN3CCOCC3)cc(-c3ccc(NC(=O)Nc4ccc(Cl)c(C(F)(F)F)c4)c(F)c3)c21. The molecule has 1 unspecified atom stereocenters. The lowest BCUT2D eigenvalue weighted by Crippen LogP contribution is -2.37. The Morgan fingerprint density at radius 2 is 1.92 bits per heavy atom. The molecule has 2 aliphatic rings. The molecule has 2 amide bonds. The Labute approximate surface area is 225 Å². The van der Waals surface area contributed by atoms with E-state index in [0.717, 1.165) is 24.8 Å². The normalized spacial score (nSPS) is 17.4. The van der Waals surface area contributed by atoms with Crippen molar-refractivity contribution in [2.45, 2.75) is 18.9 Å². The summed E-state index contributed by atoms with van der Waals surface area (Å²) < 4.78 is 61.7.